The van der Waals surface area contributed by atoms with Crippen molar-refractivity contribution >= 4 is 0 Å². The number of hydrogen-bond acceptors (Lipinski definition) is 2. The van der Waals surface area contributed by atoms with E-state index in [1.165, 1.54) is 11.1 Å². The smallest absolute Gasteiger partial charge is 0.123 e. The Balaban J connectivity index is 2.66. The standard InChI is InChI=1S/C15H21NO/c1-5-6-7-10-16-13(3)14-9-8-12(2)11-15(14)17-4/h8-9,11,13,16H,7,10H2,1-4H3. The van der Waals surface area contributed by atoms with E-state index >= 15 is 0 Å². The summed E-state index contributed by atoms with van der Waals surface area (Å²) < 4.78 is 5.41. The molecular formula is C15H21NO. The number of rotatable bonds is 5. The number of hydrogen-bond donors (Lipinski definition) is 1. The molecule has 1 rings (SSSR count). The quantitative estimate of drug-likeness (QED) is 0.621. The average Bonchev–Trinajstić information content (AvgIpc) is 2.34. The van der Waals surface area contributed by atoms with Gasteiger partial charge in [0.25, 0.3) is 0 Å². The predicted octanol–water partition coefficient (Wildman–Crippen LogP) is 3.07. The summed E-state index contributed by atoms with van der Waals surface area (Å²) >= 11 is 0. The number of methoxy groups -OCH3 is 1. The van der Waals surface area contributed by atoms with E-state index in [0.29, 0.717) is 0 Å². The molecule has 0 aliphatic heterocycles. The van der Waals surface area contributed by atoms with Gasteiger partial charge in [-0.1, -0.05) is 12.1 Å². The van der Waals surface area contributed by atoms with Crippen LogP contribution in [0.5, 0.6) is 5.75 Å². The Hall–Kier alpha value is -1.46. The molecule has 0 saturated heterocycles. The van der Waals surface area contributed by atoms with Crippen LogP contribution in [0.15, 0.2) is 18.2 Å². The topological polar surface area (TPSA) is 21.3 Å². The minimum absolute atomic E-state index is 0.282. The first-order chi connectivity index (χ1) is 8.19. The molecule has 0 aromatic heterocycles. The van der Waals surface area contributed by atoms with Crippen molar-refractivity contribution in [3.8, 4) is 17.6 Å². The minimum Gasteiger partial charge on any atom is -0.496 e. The zero-order valence-corrected chi connectivity index (χ0v) is 11.1. The Labute approximate surface area is 104 Å². The number of aryl methyl sites for hydroxylation is 1. The van der Waals surface area contributed by atoms with Gasteiger partial charge in [-0.3, -0.25) is 0 Å². The maximum Gasteiger partial charge on any atom is 0.123 e. The summed E-state index contributed by atoms with van der Waals surface area (Å²) in [6, 6.07) is 6.59. The van der Waals surface area contributed by atoms with Gasteiger partial charge in [0, 0.05) is 24.6 Å². The normalized spacial score (nSPS) is 11.5. The maximum atomic E-state index is 5.41. The SMILES string of the molecule is CC#CCCNC(C)c1ccc(C)cc1OC. The fraction of sp³-hybridized carbons (Fsp3) is 0.467. The molecule has 17 heavy (non-hydrogen) atoms. The molecule has 2 nitrogen and oxygen atoms in total. The largest absolute Gasteiger partial charge is 0.496 e. The maximum absolute atomic E-state index is 5.41. The summed E-state index contributed by atoms with van der Waals surface area (Å²) in [6.45, 7) is 6.99. The van der Waals surface area contributed by atoms with Crippen molar-refractivity contribution in [3.05, 3.63) is 29.3 Å². The van der Waals surface area contributed by atoms with Crippen molar-refractivity contribution in [1.82, 2.24) is 5.32 Å². The molecule has 1 unspecified atom stereocenters. The molecule has 92 valence electrons. The summed E-state index contributed by atoms with van der Waals surface area (Å²) in [5.74, 6) is 6.90. The van der Waals surface area contributed by atoms with E-state index in [9.17, 15) is 0 Å². The van der Waals surface area contributed by atoms with Crippen LogP contribution in [0.1, 0.15) is 37.4 Å². The lowest BCUT2D eigenvalue weighted by Crippen LogP contribution is -2.20. The van der Waals surface area contributed by atoms with Gasteiger partial charge in [-0.15, -0.1) is 11.8 Å². The van der Waals surface area contributed by atoms with Crippen LogP contribution in [-0.2, 0) is 0 Å². The lowest BCUT2D eigenvalue weighted by atomic mass is 10.0. The number of nitrogens with one attached hydrogen (secondary N) is 1. The Bertz CT molecular complexity index is 415. The monoisotopic (exact) mass is 231 g/mol. The summed E-state index contributed by atoms with van der Waals surface area (Å²) in [4.78, 5) is 0. The second-order valence-electron chi connectivity index (χ2n) is 4.10. The minimum atomic E-state index is 0.282. The first-order valence-corrected chi connectivity index (χ1v) is 5.96. The van der Waals surface area contributed by atoms with Crippen molar-refractivity contribution in [2.45, 2.75) is 33.2 Å². The van der Waals surface area contributed by atoms with Gasteiger partial charge in [-0.2, -0.15) is 0 Å². The van der Waals surface area contributed by atoms with Gasteiger partial charge in [0.2, 0.25) is 0 Å². The van der Waals surface area contributed by atoms with Gasteiger partial charge in [-0.05, 0) is 32.4 Å². The molecule has 0 heterocycles. The Morgan fingerprint density at radius 2 is 2.18 bits per heavy atom. The molecule has 0 amide bonds. The van der Waals surface area contributed by atoms with Crippen molar-refractivity contribution in [3.63, 3.8) is 0 Å². The Kier molecular flexibility index (Phi) is 5.59. The van der Waals surface area contributed by atoms with Crippen LogP contribution >= 0.6 is 0 Å². The molecule has 0 aliphatic rings. The summed E-state index contributed by atoms with van der Waals surface area (Å²) in [5.41, 5.74) is 2.41. The van der Waals surface area contributed by atoms with Gasteiger partial charge >= 0.3 is 0 Å². The van der Waals surface area contributed by atoms with E-state index in [2.05, 4.69) is 49.2 Å². The van der Waals surface area contributed by atoms with E-state index in [-0.39, 0.29) is 6.04 Å². The van der Waals surface area contributed by atoms with Gasteiger partial charge in [-0.25, -0.2) is 0 Å². The van der Waals surface area contributed by atoms with E-state index in [1.54, 1.807) is 7.11 Å². The highest BCUT2D eigenvalue weighted by molar-refractivity contribution is 5.39. The van der Waals surface area contributed by atoms with Crippen LogP contribution in [0.25, 0.3) is 0 Å². The Morgan fingerprint density at radius 3 is 2.82 bits per heavy atom. The van der Waals surface area contributed by atoms with Crippen LogP contribution in [0.2, 0.25) is 0 Å². The van der Waals surface area contributed by atoms with Crippen molar-refractivity contribution in [2.24, 2.45) is 0 Å². The first-order valence-electron chi connectivity index (χ1n) is 5.96. The second kappa shape index (κ2) is 6.98. The van der Waals surface area contributed by atoms with Gasteiger partial charge in [0.15, 0.2) is 0 Å². The zero-order chi connectivity index (χ0) is 12.7. The van der Waals surface area contributed by atoms with Gasteiger partial charge < -0.3 is 10.1 Å². The van der Waals surface area contributed by atoms with Gasteiger partial charge in [0.1, 0.15) is 5.75 Å². The second-order valence-corrected chi connectivity index (χ2v) is 4.10. The van der Waals surface area contributed by atoms with E-state index in [0.717, 1.165) is 18.7 Å². The van der Waals surface area contributed by atoms with E-state index < -0.39 is 0 Å². The summed E-state index contributed by atoms with van der Waals surface area (Å²) in [7, 11) is 1.72. The molecular weight excluding hydrogens is 210 g/mol. The highest BCUT2D eigenvalue weighted by Gasteiger charge is 2.10. The van der Waals surface area contributed by atoms with Crippen molar-refractivity contribution in [2.75, 3.05) is 13.7 Å². The third-order valence-electron chi connectivity index (χ3n) is 2.73. The highest BCUT2D eigenvalue weighted by atomic mass is 16.5. The zero-order valence-electron chi connectivity index (χ0n) is 11.1. The van der Waals surface area contributed by atoms with Crippen molar-refractivity contribution < 1.29 is 4.74 Å². The van der Waals surface area contributed by atoms with Crippen LogP contribution in [-0.4, -0.2) is 13.7 Å². The molecule has 1 aromatic carbocycles. The lowest BCUT2D eigenvalue weighted by Gasteiger charge is -2.17. The molecule has 0 spiro atoms. The molecule has 0 radical (unpaired) electrons. The molecule has 0 saturated carbocycles. The lowest BCUT2D eigenvalue weighted by molar-refractivity contribution is 0.401. The first kappa shape index (κ1) is 13.6. The van der Waals surface area contributed by atoms with Crippen LogP contribution in [0.3, 0.4) is 0 Å². The van der Waals surface area contributed by atoms with E-state index in [1.807, 2.05) is 6.92 Å². The van der Waals surface area contributed by atoms with Crippen LogP contribution in [0.4, 0.5) is 0 Å². The third kappa shape index (κ3) is 4.13. The number of ether oxygens (including phenoxy) is 1. The highest BCUT2D eigenvalue weighted by Crippen LogP contribution is 2.25. The van der Waals surface area contributed by atoms with Crippen LogP contribution in [0, 0.1) is 18.8 Å². The molecule has 0 fully saturated rings. The third-order valence-corrected chi connectivity index (χ3v) is 2.73. The average molecular weight is 231 g/mol. The summed E-state index contributed by atoms with van der Waals surface area (Å²) in [5, 5.41) is 3.45. The molecule has 2 heteroatoms. The summed E-state index contributed by atoms with van der Waals surface area (Å²) in [6.07, 6.45) is 0.884. The van der Waals surface area contributed by atoms with Gasteiger partial charge in [0.05, 0.1) is 7.11 Å². The van der Waals surface area contributed by atoms with Crippen molar-refractivity contribution in [1.29, 1.82) is 0 Å². The predicted molar refractivity (Wildman–Crippen MR) is 72.2 cm³/mol. The number of benzene rings is 1. The fourth-order valence-electron chi connectivity index (χ4n) is 1.76. The molecule has 1 N–H and O–H groups in total. The molecule has 1 atom stereocenters. The molecule has 0 bridgehead atoms. The Morgan fingerprint density at radius 1 is 1.41 bits per heavy atom. The van der Waals surface area contributed by atoms with E-state index in [4.69, 9.17) is 4.74 Å². The molecule has 0 aliphatic carbocycles. The fourth-order valence-corrected chi connectivity index (χ4v) is 1.76. The molecule has 1 aromatic rings. The van der Waals surface area contributed by atoms with Crippen LogP contribution < -0.4 is 10.1 Å².